The predicted molar refractivity (Wildman–Crippen MR) is 89.3 cm³/mol. The predicted octanol–water partition coefficient (Wildman–Crippen LogP) is 4.27. The Kier molecular flexibility index (Phi) is 4.09. The van der Waals surface area contributed by atoms with Crippen molar-refractivity contribution in [3.63, 3.8) is 0 Å². The summed E-state index contributed by atoms with van der Waals surface area (Å²) in [6.45, 7) is 0. The fourth-order valence-corrected chi connectivity index (χ4v) is 2.33. The van der Waals surface area contributed by atoms with Crippen LogP contribution in [0.25, 0.3) is 23.3 Å². The number of nitro groups is 1. The highest BCUT2D eigenvalue weighted by Gasteiger charge is 2.19. The largest absolute Gasteiger partial charge is 0.500 e. The number of phenolic OH excluding ortho intramolecular Hbond substituents is 1. The maximum absolute atomic E-state index is 11.0. The number of methoxy groups -OCH3 is 1. The van der Waals surface area contributed by atoms with Crippen molar-refractivity contribution >= 4 is 40.5 Å². The van der Waals surface area contributed by atoms with E-state index in [2.05, 4.69) is 4.98 Å². The number of hydrogen-bond donors (Lipinski definition) is 1. The van der Waals surface area contributed by atoms with Crippen molar-refractivity contribution in [2.75, 3.05) is 7.11 Å². The molecule has 3 rings (SSSR count). The summed E-state index contributed by atoms with van der Waals surface area (Å²) < 4.78 is 10.5. The normalized spacial score (nSPS) is 11.2. The second-order valence-electron chi connectivity index (χ2n) is 4.85. The first-order chi connectivity index (χ1) is 11.5. The number of phenols is 1. The van der Waals surface area contributed by atoms with E-state index in [-0.39, 0.29) is 5.75 Å². The number of nitro benzene ring substituents is 1. The van der Waals surface area contributed by atoms with Gasteiger partial charge in [-0.3, -0.25) is 10.1 Å². The van der Waals surface area contributed by atoms with Crippen molar-refractivity contribution in [3.05, 3.63) is 56.9 Å². The van der Waals surface area contributed by atoms with E-state index in [9.17, 15) is 15.2 Å². The molecule has 8 heteroatoms. The van der Waals surface area contributed by atoms with Gasteiger partial charge in [-0.1, -0.05) is 11.6 Å². The SMILES string of the molecule is COc1cc(C=Cc2nc3cc(Cl)ccc3o2)cc([N+](=O)[O-])c1O. The first-order valence-electron chi connectivity index (χ1n) is 6.77. The Morgan fingerprint density at radius 2 is 2.12 bits per heavy atom. The first-order valence-corrected chi connectivity index (χ1v) is 7.15. The minimum Gasteiger partial charge on any atom is -0.500 e. The molecule has 0 radical (unpaired) electrons. The molecule has 0 spiro atoms. The molecule has 1 aromatic heterocycles. The number of benzene rings is 2. The number of aromatic hydroxyl groups is 1. The van der Waals surface area contributed by atoms with Gasteiger partial charge in [-0.25, -0.2) is 4.98 Å². The van der Waals surface area contributed by atoms with Gasteiger partial charge in [0.1, 0.15) is 5.52 Å². The summed E-state index contributed by atoms with van der Waals surface area (Å²) in [5.74, 6) is -0.189. The zero-order valence-electron chi connectivity index (χ0n) is 12.4. The van der Waals surface area contributed by atoms with E-state index in [4.69, 9.17) is 20.8 Å². The second kappa shape index (κ2) is 6.21. The summed E-state index contributed by atoms with van der Waals surface area (Å²) in [5, 5.41) is 21.3. The molecule has 0 amide bonds. The number of hydrogen-bond acceptors (Lipinski definition) is 6. The Morgan fingerprint density at radius 1 is 1.33 bits per heavy atom. The molecule has 0 saturated heterocycles. The number of fused-ring (bicyclic) bond motifs is 1. The van der Waals surface area contributed by atoms with Crippen molar-refractivity contribution in [3.8, 4) is 11.5 Å². The maximum atomic E-state index is 11.0. The summed E-state index contributed by atoms with van der Waals surface area (Å²) in [5.41, 5.74) is 1.19. The fraction of sp³-hybridized carbons (Fsp3) is 0.0625. The van der Waals surface area contributed by atoms with Gasteiger partial charge in [0.25, 0.3) is 0 Å². The van der Waals surface area contributed by atoms with Gasteiger partial charge in [-0.2, -0.15) is 0 Å². The Hall–Kier alpha value is -3.06. The average molecular weight is 347 g/mol. The Balaban J connectivity index is 1.98. The number of aromatic nitrogens is 1. The number of halogens is 1. The van der Waals surface area contributed by atoms with Crippen molar-refractivity contribution in [2.24, 2.45) is 0 Å². The second-order valence-corrected chi connectivity index (χ2v) is 5.28. The van der Waals surface area contributed by atoms with E-state index in [0.29, 0.717) is 27.6 Å². The zero-order chi connectivity index (χ0) is 17.3. The lowest BCUT2D eigenvalue weighted by atomic mass is 10.1. The molecule has 0 unspecified atom stereocenters. The molecule has 2 aromatic carbocycles. The quantitative estimate of drug-likeness (QED) is 0.559. The molecule has 3 aromatic rings. The lowest BCUT2D eigenvalue weighted by molar-refractivity contribution is -0.386. The third kappa shape index (κ3) is 3.02. The maximum Gasteiger partial charge on any atom is 0.315 e. The highest BCUT2D eigenvalue weighted by Crippen LogP contribution is 2.37. The summed E-state index contributed by atoms with van der Waals surface area (Å²) in [6.07, 6.45) is 3.13. The first kappa shape index (κ1) is 15.8. The fourth-order valence-electron chi connectivity index (χ4n) is 2.16. The van der Waals surface area contributed by atoms with Gasteiger partial charge in [0.2, 0.25) is 11.6 Å². The highest BCUT2D eigenvalue weighted by atomic mass is 35.5. The van der Waals surface area contributed by atoms with Crippen LogP contribution in [0.2, 0.25) is 5.02 Å². The number of oxazole rings is 1. The lowest BCUT2D eigenvalue weighted by Gasteiger charge is -2.05. The zero-order valence-corrected chi connectivity index (χ0v) is 13.1. The van der Waals surface area contributed by atoms with E-state index in [1.165, 1.54) is 19.2 Å². The van der Waals surface area contributed by atoms with Crippen LogP contribution in [0.5, 0.6) is 11.5 Å². The molecule has 122 valence electrons. The minimum atomic E-state index is -0.684. The molecule has 1 N–H and O–H groups in total. The molecule has 0 aliphatic carbocycles. The van der Waals surface area contributed by atoms with Gasteiger partial charge < -0.3 is 14.3 Å². The summed E-state index contributed by atoms with van der Waals surface area (Å²) in [6, 6.07) is 7.77. The monoisotopic (exact) mass is 346 g/mol. The van der Waals surface area contributed by atoms with Crippen LogP contribution in [0, 0.1) is 10.1 Å². The van der Waals surface area contributed by atoms with E-state index >= 15 is 0 Å². The molecule has 7 nitrogen and oxygen atoms in total. The van der Waals surface area contributed by atoms with Crippen LogP contribution >= 0.6 is 11.6 Å². The summed E-state index contributed by atoms with van der Waals surface area (Å²) in [7, 11) is 1.32. The minimum absolute atomic E-state index is 0.00759. The van der Waals surface area contributed by atoms with Crippen LogP contribution < -0.4 is 4.74 Å². The van der Waals surface area contributed by atoms with Gasteiger partial charge >= 0.3 is 5.69 Å². The van der Waals surface area contributed by atoms with Crippen LogP contribution in [0.4, 0.5) is 5.69 Å². The van der Waals surface area contributed by atoms with E-state index < -0.39 is 16.4 Å². The molecule has 0 atom stereocenters. The molecule has 0 saturated carbocycles. The standard InChI is InChI=1S/C16H11ClN2O5/c1-23-14-7-9(6-12(16(14)20)19(21)22)2-5-15-18-11-8-10(17)3-4-13(11)24-15/h2-8,20H,1H3. The Morgan fingerprint density at radius 3 is 2.83 bits per heavy atom. The number of ether oxygens (including phenoxy) is 1. The molecular formula is C16H11ClN2O5. The van der Waals surface area contributed by atoms with Crippen LogP contribution in [0.3, 0.4) is 0 Å². The molecule has 0 aliphatic rings. The third-order valence-corrected chi connectivity index (χ3v) is 3.51. The molecule has 0 aliphatic heterocycles. The third-order valence-electron chi connectivity index (χ3n) is 3.28. The summed E-state index contributed by atoms with van der Waals surface area (Å²) >= 11 is 5.90. The number of nitrogens with zero attached hydrogens (tertiary/aromatic N) is 2. The van der Waals surface area contributed by atoms with Gasteiger partial charge in [0.15, 0.2) is 11.3 Å². The molecular weight excluding hydrogens is 336 g/mol. The molecule has 0 fully saturated rings. The van der Waals surface area contributed by atoms with Crippen LogP contribution in [-0.2, 0) is 0 Å². The van der Waals surface area contributed by atoms with Crippen LogP contribution in [0.1, 0.15) is 11.5 Å². The van der Waals surface area contributed by atoms with E-state index in [0.717, 1.165) is 0 Å². The Labute approximate surface area is 140 Å². The van der Waals surface area contributed by atoms with Crippen LogP contribution in [0.15, 0.2) is 34.7 Å². The van der Waals surface area contributed by atoms with Gasteiger partial charge in [-0.15, -0.1) is 0 Å². The Bertz CT molecular complexity index is 965. The van der Waals surface area contributed by atoms with E-state index in [1.807, 2.05) is 0 Å². The summed E-state index contributed by atoms with van der Waals surface area (Å²) in [4.78, 5) is 14.6. The van der Waals surface area contributed by atoms with Crippen molar-refractivity contribution in [1.82, 2.24) is 4.98 Å². The van der Waals surface area contributed by atoms with Gasteiger partial charge in [0, 0.05) is 17.2 Å². The molecule has 24 heavy (non-hydrogen) atoms. The van der Waals surface area contributed by atoms with Crippen LogP contribution in [-0.4, -0.2) is 22.1 Å². The lowest BCUT2D eigenvalue weighted by Crippen LogP contribution is -1.93. The van der Waals surface area contributed by atoms with Crippen molar-refractivity contribution < 1.29 is 19.2 Å². The highest BCUT2D eigenvalue weighted by molar-refractivity contribution is 6.31. The van der Waals surface area contributed by atoms with E-state index in [1.54, 1.807) is 30.4 Å². The van der Waals surface area contributed by atoms with Gasteiger partial charge in [0.05, 0.1) is 12.0 Å². The number of rotatable bonds is 4. The van der Waals surface area contributed by atoms with Gasteiger partial charge in [-0.05, 0) is 35.9 Å². The molecule has 0 bridgehead atoms. The van der Waals surface area contributed by atoms with Crippen molar-refractivity contribution in [1.29, 1.82) is 0 Å². The topological polar surface area (TPSA) is 98.6 Å². The smallest absolute Gasteiger partial charge is 0.315 e. The molecule has 1 heterocycles. The average Bonchev–Trinajstić information content (AvgIpc) is 2.95. The van der Waals surface area contributed by atoms with Crippen molar-refractivity contribution in [2.45, 2.75) is 0 Å².